The molecule has 1 N–H and O–H groups in total. The molecule has 0 unspecified atom stereocenters. The number of carboxylic acid groups (broad SMARTS) is 1. The Morgan fingerprint density at radius 3 is 2.31 bits per heavy atom. The lowest BCUT2D eigenvalue weighted by Gasteiger charge is -2.62. The zero-order valence-electron chi connectivity index (χ0n) is 22.5. The molecule has 4 heteroatoms. The monoisotopic (exact) mass is 504 g/mol. The number of halogens is 1. The number of carboxylic acids is 1. The second kappa shape index (κ2) is 10.9. The number of allylic oxidation sites excluding steroid dienone is 1. The summed E-state index contributed by atoms with van der Waals surface area (Å²) in [6.07, 6.45) is 20.0. The highest BCUT2D eigenvalue weighted by Gasteiger charge is 2.64. The van der Waals surface area contributed by atoms with Crippen LogP contribution in [0.2, 0.25) is 0 Å². The SMILES string of the molecule is C[C@]1(CC(=O)O)CC[C@H]2[C@@H]3[C@H](CCCCCCCCCCl)CC4=CC(=O)CC[C@]4(C)[C@H]3CC[C@@]21C. The molecule has 4 aliphatic carbocycles. The van der Waals surface area contributed by atoms with Crippen LogP contribution in [0.1, 0.15) is 124 Å². The Morgan fingerprint density at radius 2 is 1.63 bits per heavy atom. The summed E-state index contributed by atoms with van der Waals surface area (Å²) >= 11 is 5.81. The van der Waals surface area contributed by atoms with Crippen molar-refractivity contribution >= 4 is 23.4 Å². The van der Waals surface area contributed by atoms with Gasteiger partial charge in [-0.3, -0.25) is 9.59 Å². The molecule has 0 aromatic heterocycles. The number of fused-ring (bicyclic) bond motifs is 5. The number of aliphatic carboxylic acids is 1. The highest BCUT2D eigenvalue weighted by molar-refractivity contribution is 6.17. The second-order valence-electron chi connectivity index (χ2n) is 13.4. The van der Waals surface area contributed by atoms with Crippen LogP contribution in [0.25, 0.3) is 0 Å². The smallest absolute Gasteiger partial charge is 0.303 e. The second-order valence-corrected chi connectivity index (χ2v) is 13.8. The maximum Gasteiger partial charge on any atom is 0.303 e. The number of carbonyl (C=O) groups is 2. The van der Waals surface area contributed by atoms with E-state index in [1.807, 2.05) is 6.08 Å². The van der Waals surface area contributed by atoms with Gasteiger partial charge in [-0.1, -0.05) is 64.9 Å². The van der Waals surface area contributed by atoms with Gasteiger partial charge in [0.25, 0.3) is 0 Å². The molecule has 198 valence electrons. The Hall–Kier alpha value is -0.830. The van der Waals surface area contributed by atoms with E-state index in [2.05, 4.69) is 20.8 Å². The number of carbonyl (C=O) groups excluding carboxylic acids is 1. The van der Waals surface area contributed by atoms with Gasteiger partial charge < -0.3 is 5.11 Å². The van der Waals surface area contributed by atoms with Crippen LogP contribution in [0.3, 0.4) is 0 Å². The zero-order valence-corrected chi connectivity index (χ0v) is 23.3. The molecule has 3 saturated carbocycles. The number of unbranched alkanes of at least 4 members (excludes halogenated alkanes) is 6. The van der Waals surface area contributed by atoms with Crippen molar-refractivity contribution in [2.75, 3.05) is 5.88 Å². The molecule has 0 aromatic rings. The molecule has 0 bridgehead atoms. The molecule has 0 heterocycles. The van der Waals surface area contributed by atoms with E-state index in [4.69, 9.17) is 11.6 Å². The Bertz CT molecular complexity index is 820. The number of ketones is 1. The van der Waals surface area contributed by atoms with Gasteiger partial charge in [0.1, 0.15) is 0 Å². The Morgan fingerprint density at radius 1 is 0.971 bits per heavy atom. The fraction of sp³-hybridized carbons (Fsp3) is 0.871. The van der Waals surface area contributed by atoms with E-state index in [1.165, 1.54) is 63.4 Å². The Balaban J connectivity index is 1.51. The summed E-state index contributed by atoms with van der Waals surface area (Å²) in [6, 6.07) is 0. The third-order valence-electron chi connectivity index (χ3n) is 11.7. The average Bonchev–Trinajstić information content (AvgIpc) is 3.06. The van der Waals surface area contributed by atoms with Crippen molar-refractivity contribution in [3.8, 4) is 0 Å². The predicted molar refractivity (Wildman–Crippen MR) is 144 cm³/mol. The molecule has 0 radical (unpaired) electrons. The van der Waals surface area contributed by atoms with E-state index < -0.39 is 5.97 Å². The molecule has 7 atom stereocenters. The minimum Gasteiger partial charge on any atom is -0.481 e. The molecule has 3 nitrogen and oxygen atoms in total. The first-order valence-electron chi connectivity index (χ1n) is 14.7. The Labute approximate surface area is 218 Å². The summed E-state index contributed by atoms with van der Waals surface area (Å²) in [5.41, 5.74) is 1.65. The third kappa shape index (κ3) is 5.14. The molecule has 0 aromatic carbocycles. The van der Waals surface area contributed by atoms with E-state index in [-0.39, 0.29) is 16.2 Å². The quantitative estimate of drug-likeness (QED) is 0.226. The molecule has 35 heavy (non-hydrogen) atoms. The summed E-state index contributed by atoms with van der Waals surface area (Å²) in [5.74, 6) is 3.10. The van der Waals surface area contributed by atoms with Gasteiger partial charge in [0.05, 0.1) is 6.42 Å². The summed E-state index contributed by atoms with van der Waals surface area (Å²) in [7, 11) is 0. The number of alkyl halides is 1. The van der Waals surface area contributed by atoms with Crippen molar-refractivity contribution in [2.45, 2.75) is 124 Å². The predicted octanol–water partition coefficient (Wildman–Crippen LogP) is 8.59. The highest BCUT2D eigenvalue weighted by Crippen LogP contribution is 2.71. The zero-order chi connectivity index (χ0) is 25.3. The fourth-order valence-corrected chi connectivity index (χ4v) is 9.56. The fourth-order valence-electron chi connectivity index (χ4n) is 9.37. The van der Waals surface area contributed by atoms with Gasteiger partial charge >= 0.3 is 5.97 Å². The van der Waals surface area contributed by atoms with Gasteiger partial charge in [0.2, 0.25) is 0 Å². The molecule has 0 spiro atoms. The van der Waals surface area contributed by atoms with E-state index >= 15 is 0 Å². The molecule has 4 aliphatic rings. The molecule has 0 amide bonds. The average molecular weight is 505 g/mol. The van der Waals surface area contributed by atoms with Crippen LogP contribution < -0.4 is 0 Å². The van der Waals surface area contributed by atoms with Gasteiger partial charge in [0.15, 0.2) is 5.78 Å². The molecular weight excluding hydrogens is 456 g/mol. The highest BCUT2D eigenvalue weighted by atomic mass is 35.5. The van der Waals surface area contributed by atoms with Crippen molar-refractivity contribution in [3.63, 3.8) is 0 Å². The van der Waals surface area contributed by atoms with Crippen LogP contribution in [-0.2, 0) is 9.59 Å². The largest absolute Gasteiger partial charge is 0.481 e. The summed E-state index contributed by atoms with van der Waals surface area (Å²) in [4.78, 5) is 24.2. The first-order chi connectivity index (χ1) is 16.6. The van der Waals surface area contributed by atoms with Crippen molar-refractivity contribution in [1.82, 2.24) is 0 Å². The first kappa shape index (κ1) is 27.2. The summed E-state index contributed by atoms with van der Waals surface area (Å²) in [6.45, 7) is 7.18. The number of rotatable bonds is 11. The van der Waals surface area contributed by atoms with Gasteiger partial charge in [0, 0.05) is 12.3 Å². The van der Waals surface area contributed by atoms with Crippen LogP contribution in [0.5, 0.6) is 0 Å². The van der Waals surface area contributed by atoms with E-state index in [0.717, 1.165) is 38.0 Å². The molecule has 0 aliphatic heterocycles. The first-order valence-corrected chi connectivity index (χ1v) is 15.2. The van der Waals surface area contributed by atoms with E-state index in [0.29, 0.717) is 42.3 Å². The van der Waals surface area contributed by atoms with Gasteiger partial charge in [-0.05, 0) is 97.4 Å². The van der Waals surface area contributed by atoms with Gasteiger partial charge in [-0.15, -0.1) is 11.6 Å². The van der Waals surface area contributed by atoms with Crippen LogP contribution in [0, 0.1) is 39.9 Å². The van der Waals surface area contributed by atoms with E-state index in [1.54, 1.807) is 0 Å². The number of hydrogen-bond donors (Lipinski definition) is 1. The van der Waals surface area contributed by atoms with Crippen molar-refractivity contribution in [2.24, 2.45) is 39.9 Å². The lowest BCUT2D eigenvalue weighted by Crippen LogP contribution is -2.55. The minimum absolute atomic E-state index is 0.0956. The molecule has 4 rings (SSSR count). The van der Waals surface area contributed by atoms with Crippen molar-refractivity contribution < 1.29 is 14.7 Å². The van der Waals surface area contributed by atoms with E-state index in [9.17, 15) is 14.7 Å². The topological polar surface area (TPSA) is 54.4 Å². The maximum absolute atomic E-state index is 12.4. The van der Waals surface area contributed by atoms with Gasteiger partial charge in [-0.2, -0.15) is 0 Å². The van der Waals surface area contributed by atoms with Crippen molar-refractivity contribution in [1.29, 1.82) is 0 Å². The van der Waals surface area contributed by atoms with Crippen LogP contribution >= 0.6 is 11.6 Å². The normalized spacial score (nSPS) is 40.6. The van der Waals surface area contributed by atoms with Crippen LogP contribution in [0.15, 0.2) is 11.6 Å². The maximum atomic E-state index is 12.4. The summed E-state index contributed by atoms with van der Waals surface area (Å²) < 4.78 is 0. The lowest BCUT2D eigenvalue weighted by molar-refractivity contribution is -0.145. The van der Waals surface area contributed by atoms with Crippen LogP contribution in [-0.4, -0.2) is 22.7 Å². The Kier molecular flexibility index (Phi) is 8.46. The molecule has 0 saturated heterocycles. The molecule has 3 fully saturated rings. The van der Waals surface area contributed by atoms with Gasteiger partial charge in [-0.25, -0.2) is 0 Å². The lowest BCUT2D eigenvalue weighted by atomic mass is 9.43. The minimum atomic E-state index is -0.634. The standard InChI is InChI=1S/C31H49ClO3/c1-29(21-27(34)35)15-13-26-28-22(11-9-7-5-4-6-8-10-18-32)19-23-20-24(33)12-16-30(23,2)25(28)14-17-31(26,29)3/h20,22,25-26,28H,4-19,21H2,1-3H3,(H,34,35)/t22-,25+,26+,28-,29-,30+,31+/m1/s1. The third-order valence-corrected chi connectivity index (χ3v) is 11.9. The van der Waals surface area contributed by atoms with Crippen LogP contribution in [0.4, 0.5) is 0 Å². The van der Waals surface area contributed by atoms with Crippen molar-refractivity contribution in [3.05, 3.63) is 11.6 Å². The molecular formula is C31H49ClO3. The number of hydrogen-bond acceptors (Lipinski definition) is 2. The summed E-state index contributed by atoms with van der Waals surface area (Å²) in [5, 5.41) is 9.74.